The zero-order valence-corrected chi connectivity index (χ0v) is 14.8. The Hall–Kier alpha value is -2.05. The number of nitrogens with one attached hydrogen (secondary N) is 2. The van der Waals surface area contributed by atoms with E-state index in [0.717, 1.165) is 15.1 Å². The Bertz CT molecular complexity index is 856. The van der Waals surface area contributed by atoms with Crippen molar-refractivity contribution in [1.29, 1.82) is 0 Å². The summed E-state index contributed by atoms with van der Waals surface area (Å²) in [4.78, 5) is 17.8. The molecular weight excluding hydrogens is 326 g/mol. The fraction of sp³-hybridized carbons (Fsp3) is 0.176. The monoisotopic (exact) mass is 343 g/mol. The Morgan fingerprint density at radius 1 is 1.17 bits per heavy atom. The van der Waals surface area contributed by atoms with Crippen LogP contribution in [0.4, 0.5) is 5.13 Å². The number of carbonyl (C=O) groups is 1. The molecular formula is C17H17N3OS2. The van der Waals surface area contributed by atoms with E-state index < -0.39 is 0 Å². The van der Waals surface area contributed by atoms with E-state index in [9.17, 15) is 4.79 Å². The maximum atomic E-state index is 12.2. The Morgan fingerprint density at radius 2 is 1.91 bits per heavy atom. The summed E-state index contributed by atoms with van der Waals surface area (Å²) in [6.07, 6.45) is 2.01. The van der Waals surface area contributed by atoms with Gasteiger partial charge in [-0.2, -0.15) is 0 Å². The lowest BCUT2D eigenvalue weighted by atomic mass is 10.1. The van der Waals surface area contributed by atoms with Crippen LogP contribution in [0.25, 0.3) is 10.2 Å². The average Bonchev–Trinajstić information content (AvgIpc) is 2.96. The Balaban J connectivity index is 1.72. The lowest BCUT2D eigenvalue weighted by Crippen LogP contribution is -2.29. The van der Waals surface area contributed by atoms with Gasteiger partial charge in [-0.25, -0.2) is 4.98 Å². The molecule has 1 heterocycles. The van der Waals surface area contributed by atoms with Gasteiger partial charge in [-0.05, 0) is 61.6 Å². The molecule has 1 aromatic heterocycles. The van der Waals surface area contributed by atoms with E-state index >= 15 is 0 Å². The topological polar surface area (TPSA) is 54.0 Å². The molecule has 2 N–H and O–H groups in total. The summed E-state index contributed by atoms with van der Waals surface area (Å²) < 4.78 is 1.14. The molecule has 6 heteroatoms. The first-order chi connectivity index (χ1) is 11.1. The second-order valence-corrected chi connectivity index (χ2v) is 7.14. The van der Waals surface area contributed by atoms with Crippen molar-refractivity contribution in [1.82, 2.24) is 10.4 Å². The number of carbonyl (C=O) groups excluding carboxylic acids is 1. The molecule has 0 fully saturated rings. The maximum absolute atomic E-state index is 12.2. The van der Waals surface area contributed by atoms with Crippen LogP contribution in [0.5, 0.6) is 0 Å². The van der Waals surface area contributed by atoms with Gasteiger partial charge in [-0.3, -0.25) is 15.6 Å². The van der Waals surface area contributed by atoms with Crippen molar-refractivity contribution in [2.24, 2.45) is 0 Å². The van der Waals surface area contributed by atoms with Gasteiger partial charge in [-0.1, -0.05) is 17.4 Å². The molecule has 0 aliphatic rings. The van der Waals surface area contributed by atoms with Gasteiger partial charge in [0.25, 0.3) is 5.91 Å². The van der Waals surface area contributed by atoms with Crippen molar-refractivity contribution in [3.05, 3.63) is 53.1 Å². The number of hydrogen-bond donors (Lipinski definition) is 2. The minimum absolute atomic E-state index is 0.176. The van der Waals surface area contributed by atoms with Crippen molar-refractivity contribution in [2.75, 3.05) is 11.7 Å². The van der Waals surface area contributed by atoms with Crippen molar-refractivity contribution in [2.45, 2.75) is 18.7 Å². The first-order valence-electron chi connectivity index (χ1n) is 7.15. The van der Waals surface area contributed by atoms with Crippen LogP contribution in [0.15, 0.2) is 41.3 Å². The molecule has 4 nitrogen and oxygen atoms in total. The number of nitrogens with zero attached hydrogens (tertiary/aromatic N) is 1. The first kappa shape index (κ1) is 15.8. The minimum atomic E-state index is -0.176. The van der Waals surface area contributed by atoms with E-state index in [1.54, 1.807) is 11.8 Å². The molecule has 0 aliphatic carbocycles. The molecule has 0 unspecified atom stereocenters. The molecule has 3 rings (SSSR count). The predicted octanol–water partition coefficient (Wildman–Crippen LogP) is 4.39. The fourth-order valence-corrected chi connectivity index (χ4v) is 3.63. The smallest absolute Gasteiger partial charge is 0.269 e. The second kappa shape index (κ2) is 6.60. The largest absolute Gasteiger partial charge is 0.273 e. The number of thiazole rings is 1. The summed E-state index contributed by atoms with van der Waals surface area (Å²) >= 11 is 3.18. The summed E-state index contributed by atoms with van der Waals surface area (Å²) in [5.74, 6) is -0.176. The van der Waals surface area contributed by atoms with Crippen molar-refractivity contribution in [3.63, 3.8) is 0 Å². The number of aromatic nitrogens is 1. The first-order valence-corrected chi connectivity index (χ1v) is 9.19. The van der Waals surface area contributed by atoms with Crippen LogP contribution in [0, 0.1) is 13.8 Å². The molecule has 0 radical (unpaired) electrons. The van der Waals surface area contributed by atoms with Crippen LogP contribution in [-0.4, -0.2) is 17.1 Å². The van der Waals surface area contributed by atoms with Crippen LogP contribution in [-0.2, 0) is 0 Å². The van der Waals surface area contributed by atoms with Crippen LogP contribution in [0.1, 0.15) is 21.5 Å². The number of hydrazine groups is 1. The number of anilines is 1. The number of aryl methyl sites for hydroxylation is 2. The molecule has 0 aliphatic heterocycles. The molecule has 0 bridgehead atoms. The molecule has 0 saturated heterocycles. The third-order valence-corrected chi connectivity index (χ3v) is 5.32. The Morgan fingerprint density at radius 3 is 2.61 bits per heavy atom. The lowest BCUT2D eigenvalue weighted by molar-refractivity contribution is 0.0962. The highest BCUT2D eigenvalue weighted by molar-refractivity contribution is 7.98. The van der Waals surface area contributed by atoms with Gasteiger partial charge in [0, 0.05) is 10.5 Å². The summed E-state index contributed by atoms with van der Waals surface area (Å²) in [6, 6.07) is 11.7. The summed E-state index contributed by atoms with van der Waals surface area (Å²) in [6.45, 7) is 4.13. The van der Waals surface area contributed by atoms with Crippen LogP contribution in [0.2, 0.25) is 0 Å². The quantitative estimate of drug-likeness (QED) is 0.545. The molecule has 2 aromatic carbocycles. The zero-order valence-electron chi connectivity index (χ0n) is 13.1. The third-order valence-electron chi connectivity index (χ3n) is 3.46. The number of amides is 1. The van der Waals surface area contributed by atoms with Crippen molar-refractivity contribution >= 4 is 44.4 Å². The number of hydrogen-bond acceptors (Lipinski definition) is 5. The number of benzene rings is 2. The van der Waals surface area contributed by atoms with Crippen molar-refractivity contribution < 1.29 is 4.79 Å². The maximum Gasteiger partial charge on any atom is 0.269 e. The van der Waals surface area contributed by atoms with E-state index in [0.29, 0.717) is 10.7 Å². The van der Waals surface area contributed by atoms with Gasteiger partial charge in [0.15, 0.2) is 0 Å². The number of rotatable bonds is 4. The Kier molecular flexibility index (Phi) is 4.54. The van der Waals surface area contributed by atoms with E-state index in [1.807, 2.05) is 36.6 Å². The zero-order chi connectivity index (χ0) is 16.4. The van der Waals surface area contributed by atoms with Gasteiger partial charge in [-0.15, -0.1) is 11.8 Å². The van der Waals surface area contributed by atoms with Crippen molar-refractivity contribution in [3.8, 4) is 0 Å². The average molecular weight is 343 g/mol. The van der Waals surface area contributed by atoms with Gasteiger partial charge < -0.3 is 0 Å². The molecule has 1 amide bonds. The highest BCUT2D eigenvalue weighted by Gasteiger charge is 2.09. The van der Waals surface area contributed by atoms with E-state index in [-0.39, 0.29) is 5.91 Å². The van der Waals surface area contributed by atoms with Crippen LogP contribution >= 0.6 is 23.1 Å². The van der Waals surface area contributed by atoms with Gasteiger partial charge >= 0.3 is 0 Å². The normalized spacial score (nSPS) is 10.7. The number of thioether (sulfide) groups is 1. The highest BCUT2D eigenvalue weighted by atomic mass is 32.2. The van der Waals surface area contributed by atoms with E-state index in [1.165, 1.54) is 22.5 Å². The molecule has 0 spiro atoms. The van der Waals surface area contributed by atoms with Crippen LogP contribution in [0.3, 0.4) is 0 Å². The molecule has 3 aromatic rings. The molecule has 0 saturated carbocycles. The fourth-order valence-electron chi connectivity index (χ4n) is 2.35. The summed E-state index contributed by atoms with van der Waals surface area (Å²) in [5, 5.41) is 0.683. The SMILES string of the molecule is CSc1ccc(C(=O)NNc2nc3cc(C)cc(C)c3s2)cc1. The van der Waals surface area contributed by atoms with Gasteiger partial charge in [0.05, 0.1) is 10.2 Å². The molecule has 23 heavy (non-hydrogen) atoms. The summed E-state index contributed by atoms with van der Waals surface area (Å²) in [5.41, 5.74) is 9.56. The van der Waals surface area contributed by atoms with Gasteiger partial charge in [0.1, 0.15) is 0 Å². The van der Waals surface area contributed by atoms with Gasteiger partial charge in [0.2, 0.25) is 5.13 Å². The molecule has 0 atom stereocenters. The van der Waals surface area contributed by atoms with E-state index in [4.69, 9.17) is 0 Å². The minimum Gasteiger partial charge on any atom is -0.273 e. The Labute approximate surface area is 143 Å². The molecule has 118 valence electrons. The van der Waals surface area contributed by atoms with E-state index in [2.05, 4.69) is 35.7 Å². The number of fused-ring (bicyclic) bond motifs is 1. The third kappa shape index (κ3) is 3.48. The second-order valence-electron chi connectivity index (χ2n) is 5.26. The summed E-state index contributed by atoms with van der Waals surface area (Å²) in [7, 11) is 0. The van der Waals surface area contributed by atoms with Crippen LogP contribution < -0.4 is 10.9 Å². The predicted molar refractivity (Wildman–Crippen MR) is 98.4 cm³/mol. The highest BCUT2D eigenvalue weighted by Crippen LogP contribution is 2.29. The lowest BCUT2D eigenvalue weighted by Gasteiger charge is -2.05. The standard InChI is InChI=1S/C17H17N3OS2/c1-10-8-11(2)15-14(9-10)18-17(23-15)20-19-16(21)12-4-6-13(22-3)7-5-12/h4-9H,1-3H3,(H,18,20)(H,19,21).